The monoisotopic (exact) mass is 317 g/mol. The maximum atomic E-state index is 12.4. The SMILES string of the molecule is NCCCCN[C@H]1CC[C@H](Nc2ncc(C(F)(F)F)cn2)C1. The molecule has 0 aliphatic heterocycles. The molecule has 0 bridgehead atoms. The molecular formula is C14H22F3N5. The molecule has 1 heterocycles. The van der Waals surface area contributed by atoms with Crippen LogP contribution in [-0.2, 0) is 6.18 Å². The van der Waals surface area contributed by atoms with Crippen molar-refractivity contribution in [3.63, 3.8) is 0 Å². The molecule has 1 aliphatic rings. The molecule has 0 amide bonds. The van der Waals surface area contributed by atoms with E-state index in [9.17, 15) is 13.2 Å². The van der Waals surface area contributed by atoms with Gasteiger partial charge in [-0.1, -0.05) is 0 Å². The van der Waals surface area contributed by atoms with Crippen LogP contribution in [0.4, 0.5) is 19.1 Å². The fourth-order valence-corrected chi connectivity index (χ4v) is 2.61. The maximum Gasteiger partial charge on any atom is 0.419 e. The van der Waals surface area contributed by atoms with Crippen molar-refractivity contribution in [2.24, 2.45) is 5.73 Å². The van der Waals surface area contributed by atoms with E-state index in [-0.39, 0.29) is 12.0 Å². The van der Waals surface area contributed by atoms with Crippen LogP contribution < -0.4 is 16.4 Å². The third-order valence-electron chi connectivity index (χ3n) is 3.81. The molecule has 1 aromatic heterocycles. The summed E-state index contributed by atoms with van der Waals surface area (Å²) in [4.78, 5) is 7.49. The molecule has 8 heteroatoms. The van der Waals surface area contributed by atoms with Crippen molar-refractivity contribution in [1.82, 2.24) is 15.3 Å². The molecule has 1 aliphatic carbocycles. The van der Waals surface area contributed by atoms with Crippen molar-refractivity contribution in [3.8, 4) is 0 Å². The number of nitrogens with one attached hydrogen (secondary N) is 2. The number of unbranched alkanes of at least 4 members (excludes halogenated alkanes) is 1. The van der Waals surface area contributed by atoms with Crippen molar-refractivity contribution in [2.45, 2.75) is 50.4 Å². The summed E-state index contributed by atoms with van der Waals surface area (Å²) in [5.41, 5.74) is 4.62. The zero-order valence-corrected chi connectivity index (χ0v) is 12.4. The lowest BCUT2D eigenvalue weighted by atomic mass is 10.2. The molecule has 0 spiro atoms. The number of rotatable bonds is 7. The van der Waals surface area contributed by atoms with E-state index in [1.54, 1.807) is 0 Å². The van der Waals surface area contributed by atoms with E-state index in [1.165, 1.54) is 0 Å². The summed E-state index contributed by atoms with van der Waals surface area (Å²) in [5, 5.41) is 6.58. The Kier molecular flexibility index (Phi) is 5.96. The van der Waals surface area contributed by atoms with E-state index in [4.69, 9.17) is 5.73 Å². The lowest BCUT2D eigenvalue weighted by molar-refractivity contribution is -0.138. The van der Waals surface area contributed by atoms with Crippen LogP contribution >= 0.6 is 0 Å². The highest BCUT2D eigenvalue weighted by molar-refractivity contribution is 5.27. The topological polar surface area (TPSA) is 75.9 Å². The van der Waals surface area contributed by atoms with E-state index >= 15 is 0 Å². The zero-order valence-electron chi connectivity index (χ0n) is 12.4. The third kappa shape index (κ3) is 5.10. The Balaban J connectivity index is 1.75. The Morgan fingerprint density at radius 3 is 2.45 bits per heavy atom. The summed E-state index contributed by atoms with van der Waals surface area (Å²) in [6.45, 7) is 1.66. The Morgan fingerprint density at radius 1 is 1.14 bits per heavy atom. The largest absolute Gasteiger partial charge is 0.419 e. The number of aromatic nitrogens is 2. The van der Waals surface area contributed by atoms with Crippen LogP contribution in [0.2, 0.25) is 0 Å². The Labute approximate surface area is 127 Å². The minimum absolute atomic E-state index is 0.198. The Hall–Kier alpha value is -1.41. The molecule has 2 rings (SSSR count). The van der Waals surface area contributed by atoms with Crippen LogP contribution in [0.1, 0.15) is 37.7 Å². The molecule has 2 atom stereocenters. The van der Waals surface area contributed by atoms with Crippen molar-refractivity contribution in [3.05, 3.63) is 18.0 Å². The van der Waals surface area contributed by atoms with E-state index in [1.807, 2.05) is 0 Å². The van der Waals surface area contributed by atoms with E-state index in [0.29, 0.717) is 12.6 Å². The summed E-state index contributed by atoms with van der Waals surface area (Å²) in [6, 6.07) is 0.633. The quantitative estimate of drug-likeness (QED) is 0.672. The van der Waals surface area contributed by atoms with Crippen LogP contribution in [-0.4, -0.2) is 35.1 Å². The average molecular weight is 317 g/mol. The van der Waals surface area contributed by atoms with Gasteiger partial charge in [0.05, 0.1) is 5.56 Å². The van der Waals surface area contributed by atoms with Crippen molar-refractivity contribution in [2.75, 3.05) is 18.4 Å². The molecule has 1 fully saturated rings. The van der Waals surface area contributed by atoms with E-state index < -0.39 is 11.7 Å². The zero-order chi connectivity index (χ0) is 16.0. The standard InChI is InChI=1S/C14H22F3N5/c15-14(16,17)10-8-20-13(21-9-10)22-12-4-3-11(7-12)19-6-2-1-5-18/h8-9,11-12,19H,1-7,18H2,(H,20,21,22)/t11-,12-/m0/s1. The fourth-order valence-electron chi connectivity index (χ4n) is 2.61. The molecule has 0 radical (unpaired) electrons. The van der Waals surface area contributed by atoms with Gasteiger partial charge in [0.2, 0.25) is 5.95 Å². The number of alkyl halides is 3. The first kappa shape index (κ1) is 17.0. The lowest BCUT2D eigenvalue weighted by Gasteiger charge is -2.15. The normalized spacial score (nSPS) is 22.0. The van der Waals surface area contributed by atoms with Gasteiger partial charge >= 0.3 is 6.18 Å². The van der Waals surface area contributed by atoms with Crippen LogP contribution in [0.25, 0.3) is 0 Å². The van der Waals surface area contributed by atoms with E-state index in [0.717, 1.165) is 51.0 Å². The predicted molar refractivity (Wildman–Crippen MR) is 78.4 cm³/mol. The minimum Gasteiger partial charge on any atom is -0.351 e. The summed E-state index contributed by atoms with van der Waals surface area (Å²) >= 11 is 0. The maximum absolute atomic E-state index is 12.4. The molecule has 5 nitrogen and oxygen atoms in total. The second-order valence-corrected chi connectivity index (χ2v) is 5.59. The smallest absolute Gasteiger partial charge is 0.351 e. The van der Waals surface area contributed by atoms with Crippen LogP contribution in [0.5, 0.6) is 0 Å². The second kappa shape index (κ2) is 7.73. The first-order valence-corrected chi connectivity index (χ1v) is 7.58. The minimum atomic E-state index is -4.40. The summed E-state index contributed by atoms with van der Waals surface area (Å²) in [6.07, 6.45) is 2.23. The fraction of sp³-hybridized carbons (Fsp3) is 0.714. The third-order valence-corrected chi connectivity index (χ3v) is 3.81. The van der Waals surface area contributed by atoms with Gasteiger partial charge in [-0.2, -0.15) is 13.2 Å². The predicted octanol–water partition coefficient (Wildman–Crippen LogP) is 2.16. The molecule has 0 saturated heterocycles. The van der Waals surface area contributed by atoms with Gasteiger partial charge in [0.1, 0.15) is 0 Å². The molecule has 0 aromatic carbocycles. The molecule has 22 heavy (non-hydrogen) atoms. The average Bonchev–Trinajstić information content (AvgIpc) is 2.91. The van der Waals surface area contributed by atoms with Crippen LogP contribution in [0.15, 0.2) is 12.4 Å². The van der Waals surface area contributed by atoms with Gasteiger partial charge < -0.3 is 16.4 Å². The molecular weight excluding hydrogens is 295 g/mol. The highest BCUT2D eigenvalue weighted by Crippen LogP contribution is 2.28. The molecule has 1 saturated carbocycles. The number of hydrogen-bond donors (Lipinski definition) is 3. The number of hydrogen-bond acceptors (Lipinski definition) is 5. The highest BCUT2D eigenvalue weighted by Gasteiger charge is 2.31. The van der Waals surface area contributed by atoms with E-state index in [2.05, 4.69) is 20.6 Å². The Morgan fingerprint density at radius 2 is 1.82 bits per heavy atom. The number of anilines is 1. The summed E-state index contributed by atoms with van der Waals surface area (Å²) in [5.74, 6) is 0.252. The number of nitrogens with two attached hydrogens (primary N) is 1. The van der Waals surface area contributed by atoms with Crippen LogP contribution in [0, 0.1) is 0 Å². The molecule has 0 unspecified atom stereocenters. The second-order valence-electron chi connectivity index (χ2n) is 5.59. The van der Waals surface area contributed by atoms with Gasteiger partial charge in [-0.25, -0.2) is 9.97 Å². The summed E-state index contributed by atoms with van der Waals surface area (Å²) in [7, 11) is 0. The van der Waals surface area contributed by atoms with Gasteiger partial charge in [0, 0.05) is 24.5 Å². The van der Waals surface area contributed by atoms with Crippen molar-refractivity contribution in [1.29, 1.82) is 0 Å². The Bertz CT molecular complexity index is 449. The van der Waals surface area contributed by atoms with Crippen molar-refractivity contribution >= 4 is 5.95 Å². The molecule has 1 aromatic rings. The van der Waals surface area contributed by atoms with Gasteiger partial charge in [-0.05, 0) is 45.2 Å². The molecule has 4 N–H and O–H groups in total. The van der Waals surface area contributed by atoms with Gasteiger partial charge in [-0.15, -0.1) is 0 Å². The van der Waals surface area contributed by atoms with Gasteiger partial charge in [0.15, 0.2) is 0 Å². The van der Waals surface area contributed by atoms with Crippen LogP contribution in [0.3, 0.4) is 0 Å². The van der Waals surface area contributed by atoms with Crippen molar-refractivity contribution < 1.29 is 13.2 Å². The molecule has 124 valence electrons. The first-order valence-electron chi connectivity index (χ1n) is 7.58. The summed E-state index contributed by atoms with van der Waals surface area (Å²) < 4.78 is 37.3. The number of nitrogens with zero attached hydrogens (tertiary/aromatic N) is 2. The first-order chi connectivity index (χ1) is 10.5. The van der Waals surface area contributed by atoms with Gasteiger partial charge in [0.25, 0.3) is 0 Å². The lowest BCUT2D eigenvalue weighted by Crippen LogP contribution is -2.29. The van der Waals surface area contributed by atoms with Gasteiger partial charge in [-0.3, -0.25) is 0 Å². The number of halogens is 3. The highest BCUT2D eigenvalue weighted by atomic mass is 19.4.